The summed E-state index contributed by atoms with van der Waals surface area (Å²) < 4.78 is 0. The van der Waals surface area contributed by atoms with Gasteiger partial charge in [-0.1, -0.05) is 39.7 Å². The first kappa shape index (κ1) is 15.3. The zero-order valence-electron chi connectivity index (χ0n) is 11.5. The molecule has 2 rings (SSSR count). The maximum absolute atomic E-state index is 6.32. The summed E-state index contributed by atoms with van der Waals surface area (Å²) in [4.78, 5) is 5.05. The van der Waals surface area contributed by atoms with E-state index in [4.69, 9.17) is 11.6 Å². The summed E-state index contributed by atoms with van der Waals surface area (Å²) in [5, 5.41) is 1.97. The molecule has 0 saturated carbocycles. The van der Waals surface area contributed by atoms with Gasteiger partial charge in [0.15, 0.2) is 0 Å². The highest BCUT2D eigenvalue weighted by molar-refractivity contribution is 9.09. The molecule has 0 spiro atoms. The van der Waals surface area contributed by atoms with Crippen LogP contribution in [0.25, 0.3) is 0 Å². The molecule has 0 aliphatic carbocycles. The van der Waals surface area contributed by atoms with Crippen LogP contribution in [0.4, 0.5) is 0 Å². The first-order valence-corrected chi connectivity index (χ1v) is 8.44. The Hall–Kier alpha value is -0.0900. The molecule has 1 aliphatic rings. The monoisotopic (exact) mass is 344 g/mol. The molecule has 2 nitrogen and oxygen atoms in total. The number of hydrogen-bond acceptors (Lipinski definition) is 2. The molecule has 19 heavy (non-hydrogen) atoms. The van der Waals surface area contributed by atoms with E-state index in [9.17, 15) is 0 Å². The van der Waals surface area contributed by atoms with Crippen LogP contribution in [0.2, 0.25) is 5.02 Å². The van der Waals surface area contributed by atoms with Gasteiger partial charge in [0.25, 0.3) is 0 Å². The van der Waals surface area contributed by atoms with Crippen molar-refractivity contribution in [1.82, 2.24) is 9.80 Å². The Labute approximate surface area is 129 Å². The third-order valence-corrected chi connectivity index (χ3v) is 4.39. The fourth-order valence-electron chi connectivity index (χ4n) is 2.55. The first-order valence-electron chi connectivity index (χ1n) is 6.95. The zero-order chi connectivity index (χ0) is 13.7. The van der Waals surface area contributed by atoms with E-state index in [-0.39, 0.29) is 0 Å². The smallest absolute Gasteiger partial charge is 0.0453 e. The molecule has 0 unspecified atom stereocenters. The molecule has 1 saturated heterocycles. The topological polar surface area (TPSA) is 6.48 Å². The van der Waals surface area contributed by atoms with Gasteiger partial charge in [-0.25, -0.2) is 0 Å². The van der Waals surface area contributed by atoms with Crippen LogP contribution >= 0.6 is 27.5 Å². The predicted octanol–water partition coefficient (Wildman–Crippen LogP) is 3.55. The number of benzene rings is 1. The molecule has 0 atom stereocenters. The molecular weight excluding hydrogens is 324 g/mol. The van der Waals surface area contributed by atoms with Crippen LogP contribution < -0.4 is 0 Å². The van der Waals surface area contributed by atoms with Crippen LogP contribution in [-0.2, 0) is 6.54 Å². The van der Waals surface area contributed by atoms with Crippen LogP contribution in [0.15, 0.2) is 18.2 Å². The second-order valence-electron chi connectivity index (χ2n) is 5.26. The lowest BCUT2D eigenvalue weighted by molar-refractivity contribution is 0.258. The molecule has 106 valence electrons. The summed E-state index contributed by atoms with van der Waals surface area (Å²) in [6.07, 6.45) is 1.25. The van der Waals surface area contributed by atoms with Crippen molar-refractivity contribution in [2.24, 2.45) is 0 Å². The molecule has 0 bridgehead atoms. The van der Waals surface area contributed by atoms with Gasteiger partial charge in [-0.2, -0.15) is 0 Å². The Morgan fingerprint density at radius 2 is 1.89 bits per heavy atom. The van der Waals surface area contributed by atoms with E-state index in [2.05, 4.69) is 50.9 Å². The van der Waals surface area contributed by atoms with Crippen molar-refractivity contribution in [2.45, 2.75) is 19.9 Å². The molecule has 0 N–H and O–H groups in total. The van der Waals surface area contributed by atoms with Gasteiger partial charge < -0.3 is 4.90 Å². The molecule has 4 heteroatoms. The Morgan fingerprint density at radius 1 is 1.16 bits per heavy atom. The lowest BCUT2D eigenvalue weighted by Crippen LogP contribution is -2.31. The van der Waals surface area contributed by atoms with E-state index in [1.165, 1.54) is 30.6 Å². The first-order chi connectivity index (χ1) is 9.19. The summed E-state index contributed by atoms with van der Waals surface area (Å²) in [5.41, 5.74) is 2.48. The van der Waals surface area contributed by atoms with E-state index >= 15 is 0 Å². The fourth-order valence-corrected chi connectivity index (χ4v) is 3.34. The quantitative estimate of drug-likeness (QED) is 0.770. The van der Waals surface area contributed by atoms with Gasteiger partial charge in [0.05, 0.1) is 0 Å². The SMILES string of the molecule is Cc1ccc(CN2CCCN(CCBr)CC2)c(Cl)c1. The minimum absolute atomic E-state index is 0.904. The van der Waals surface area contributed by atoms with E-state index in [0.717, 1.165) is 36.5 Å². The van der Waals surface area contributed by atoms with Crippen molar-refractivity contribution >= 4 is 27.5 Å². The maximum atomic E-state index is 6.32. The van der Waals surface area contributed by atoms with Gasteiger partial charge >= 0.3 is 0 Å². The molecule has 0 aromatic heterocycles. The normalized spacial score (nSPS) is 18.5. The van der Waals surface area contributed by atoms with Gasteiger partial charge in [0, 0.05) is 36.5 Å². The highest BCUT2D eigenvalue weighted by Crippen LogP contribution is 2.20. The van der Waals surface area contributed by atoms with Crippen LogP contribution in [0.3, 0.4) is 0 Å². The van der Waals surface area contributed by atoms with Crippen molar-refractivity contribution in [2.75, 3.05) is 38.1 Å². The second-order valence-corrected chi connectivity index (χ2v) is 6.46. The Morgan fingerprint density at radius 3 is 2.63 bits per heavy atom. The molecular formula is C15H22BrClN2. The van der Waals surface area contributed by atoms with E-state index < -0.39 is 0 Å². The van der Waals surface area contributed by atoms with Crippen LogP contribution in [0.5, 0.6) is 0 Å². The highest BCUT2D eigenvalue weighted by Gasteiger charge is 2.15. The van der Waals surface area contributed by atoms with Gasteiger partial charge in [0.1, 0.15) is 0 Å². The average Bonchev–Trinajstić information content (AvgIpc) is 2.59. The fraction of sp³-hybridized carbons (Fsp3) is 0.600. The number of alkyl halides is 1. The Bertz CT molecular complexity index is 411. The molecule has 1 aliphatic heterocycles. The largest absolute Gasteiger partial charge is 0.301 e. The van der Waals surface area contributed by atoms with Crippen molar-refractivity contribution in [3.63, 3.8) is 0 Å². The van der Waals surface area contributed by atoms with Crippen molar-refractivity contribution < 1.29 is 0 Å². The predicted molar refractivity (Wildman–Crippen MR) is 86.3 cm³/mol. The van der Waals surface area contributed by atoms with Gasteiger partial charge in [-0.05, 0) is 43.6 Å². The van der Waals surface area contributed by atoms with Crippen molar-refractivity contribution in [3.8, 4) is 0 Å². The molecule has 1 fully saturated rings. The summed E-state index contributed by atoms with van der Waals surface area (Å²) in [5.74, 6) is 0. The standard InChI is InChI=1S/C15H22BrClN2/c1-13-3-4-14(15(17)11-13)12-19-7-2-6-18(8-5-16)9-10-19/h3-4,11H,2,5-10,12H2,1H3. The summed E-state index contributed by atoms with van der Waals surface area (Å²) in [6.45, 7) is 8.89. The van der Waals surface area contributed by atoms with Crippen molar-refractivity contribution in [3.05, 3.63) is 34.3 Å². The number of aryl methyl sites for hydroxylation is 1. The lowest BCUT2D eigenvalue weighted by Gasteiger charge is -2.21. The highest BCUT2D eigenvalue weighted by atomic mass is 79.9. The van der Waals surface area contributed by atoms with Crippen molar-refractivity contribution in [1.29, 1.82) is 0 Å². The number of rotatable bonds is 4. The minimum atomic E-state index is 0.904. The van der Waals surface area contributed by atoms with Crippen LogP contribution in [-0.4, -0.2) is 47.9 Å². The second kappa shape index (κ2) is 7.63. The van der Waals surface area contributed by atoms with E-state index in [0.29, 0.717) is 0 Å². The molecule has 0 amide bonds. The molecule has 1 heterocycles. The van der Waals surface area contributed by atoms with Gasteiger partial charge in [-0.15, -0.1) is 0 Å². The van der Waals surface area contributed by atoms with Gasteiger partial charge in [-0.3, -0.25) is 4.90 Å². The average molecular weight is 346 g/mol. The third kappa shape index (κ3) is 4.75. The maximum Gasteiger partial charge on any atom is 0.0453 e. The molecule has 0 radical (unpaired) electrons. The minimum Gasteiger partial charge on any atom is -0.301 e. The molecule has 1 aromatic carbocycles. The number of halogens is 2. The van der Waals surface area contributed by atoms with Crippen LogP contribution in [0, 0.1) is 6.92 Å². The van der Waals surface area contributed by atoms with E-state index in [1.54, 1.807) is 0 Å². The zero-order valence-corrected chi connectivity index (χ0v) is 13.9. The Balaban J connectivity index is 1.92. The number of hydrogen-bond donors (Lipinski definition) is 0. The summed E-state index contributed by atoms with van der Waals surface area (Å²) >= 11 is 9.85. The number of nitrogens with zero attached hydrogens (tertiary/aromatic N) is 2. The third-order valence-electron chi connectivity index (χ3n) is 3.68. The lowest BCUT2D eigenvalue weighted by atomic mass is 10.1. The molecule has 1 aromatic rings. The van der Waals surface area contributed by atoms with E-state index in [1.807, 2.05) is 0 Å². The van der Waals surface area contributed by atoms with Gasteiger partial charge in [0.2, 0.25) is 0 Å². The summed E-state index contributed by atoms with van der Waals surface area (Å²) in [7, 11) is 0. The summed E-state index contributed by atoms with van der Waals surface area (Å²) in [6, 6.07) is 6.38. The van der Waals surface area contributed by atoms with Crippen LogP contribution in [0.1, 0.15) is 17.5 Å². The Kier molecular flexibility index (Phi) is 6.14.